The van der Waals surface area contributed by atoms with E-state index in [1.54, 1.807) is 24.0 Å². The van der Waals surface area contributed by atoms with E-state index in [0.29, 0.717) is 22.5 Å². The Bertz CT molecular complexity index is 1170. The van der Waals surface area contributed by atoms with Gasteiger partial charge in [-0.2, -0.15) is 0 Å². The predicted octanol–water partition coefficient (Wildman–Crippen LogP) is 5.02. The maximum atomic E-state index is 14.5. The predicted molar refractivity (Wildman–Crippen MR) is 118 cm³/mol. The van der Waals surface area contributed by atoms with Gasteiger partial charge in [0.15, 0.2) is 0 Å². The Labute approximate surface area is 186 Å². The zero-order valence-corrected chi connectivity index (χ0v) is 17.9. The molecule has 5 nitrogen and oxygen atoms in total. The molecule has 32 heavy (non-hydrogen) atoms. The molecule has 1 aliphatic carbocycles. The van der Waals surface area contributed by atoms with Gasteiger partial charge in [0.05, 0.1) is 11.8 Å². The van der Waals surface area contributed by atoms with E-state index >= 15 is 0 Å². The van der Waals surface area contributed by atoms with Gasteiger partial charge < -0.3 is 14.6 Å². The summed E-state index contributed by atoms with van der Waals surface area (Å²) in [5.74, 6) is -0.727. The molecule has 2 aliphatic rings. The van der Waals surface area contributed by atoms with Gasteiger partial charge in [-0.05, 0) is 49.6 Å². The Kier molecular flexibility index (Phi) is 5.08. The maximum absolute atomic E-state index is 14.5. The van der Waals surface area contributed by atoms with E-state index in [2.05, 4.69) is 5.32 Å². The number of furan rings is 1. The summed E-state index contributed by atoms with van der Waals surface area (Å²) < 4.78 is 20.2. The van der Waals surface area contributed by atoms with Crippen LogP contribution in [-0.4, -0.2) is 22.8 Å². The first-order valence-corrected chi connectivity index (χ1v) is 11.0. The van der Waals surface area contributed by atoms with Gasteiger partial charge in [0.1, 0.15) is 17.1 Å². The number of hydrogen-bond acceptors (Lipinski definition) is 3. The van der Waals surface area contributed by atoms with Crippen LogP contribution in [0.2, 0.25) is 0 Å². The van der Waals surface area contributed by atoms with E-state index in [-0.39, 0.29) is 24.4 Å². The lowest BCUT2D eigenvalue weighted by Gasteiger charge is -2.40. The molecule has 1 atom stereocenters. The summed E-state index contributed by atoms with van der Waals surface area (Å²) in [6.07, 6.45) is 5.40. The van der Waals surface area contributed by atoms with Crippen molar-refractivity contribution < 1.29 is 18.4 Å². The van der Waals surface area contributed by atoms with Crippen LogP contribution in [0.4, 0.5) is 4.39 Å². The molecule has 1 saturated carbocycles. The highest BCUT2D eigenvalue weighted by Gasteiger charge is 2.49. The molecule has 1 N–H and O–H groups in total. The zero-order valence-electron chi connectivity index (χ0n) is 17.9. The highest BCUT2D eigenvalue weighted by molar-refractivity contribution is 6.06. The molecule has 5 rings (SSSR count). The molecule has 1 aromatic heterocycles. The number of rotatable bonds is 4. The average molecular weight is 432 g/mol. The lowest BCUT2D eigenvalue weighted by atomic mass is 9.85. The number of carbonyl (C=O) groups is 2. The maximum Gasteiger partial charge on any atom is 0.259 e. The Morgan fingerprint density at radius 1 is 1.12 bits per heavy atom. The van der Waals surface area contributed by atoms with Gasteiger partial charge in [-0.3, -0.25) is 9.59 Å². The van der Waals surface area contributed by atoms with Crippen molar-refractivity contribution in [1.29, 1.82) is 0 Å². The highest BCUT2D eigenvalue weighted by atomic mass is 19.1. The minimum Gasteiger partial charge on any atom is -0.463 e. The van der Waals surface area contributed by atoms with Crippen LogP contribution in [0.25, 0.3) is 11.3 Å². The first kappa shape index (κ1) is 20.5. The minimum atomic E-state index is -1.42. The van der Waals surface area contributed by atoms with Crippen molar-refractivity contribution >= 4 is 11.8 Å². The van der Waals surface area contributed by atoms with Crippen LogP contribution in [0.3, 0.4) is 0 Å². The smallest absolute Gasteiger partial charge is 0.259 e. The van der Waals surface area contributed by atoms with Gasteiger partial charge in [-0.15, -0.1) is 0 Å². The van der Waals surface area contributed by atoms with Gasteiger partial charge in [-0.25, -0.2) is 4.39 Å². The molecule has 6 heteroatoms. The quantitative estimate of drug-likeness (QED) is 0.630. The van der Waals surface area contributed by atoms with E-state index in [0.717, 1.165) is 31.2 Å². The van der Waals surface area contributed by atoms with Crippen LogP contribution in [0.15, 0.2) is 65.3 Å². The molecule has 0 saturated heterocycles. The summed E-state index contributed by atoms with van der Waals surface area (Å²) in [6.45, 7) is 1.91. The summed E-state index contributed by atoms with van der Waals surface area (Å²) in [5.41, 5.74) is 0.802. The third-order valence-corrected chi connectivity index (χ3v) is 6.75. The Morgan fingerprint density at radius 3 is 2.62 bits per heavy atom. The third kappa shape index (κ3) is 3.30. The summed E-state index contributed by atoms with van der Waals surface area (Å²) in [5, 5.41) is 3.15. The topological polar surface area (TPSA) is 62.6 Å². The van der Waals surface area contributed by atoms with Crippen molar-refractivity contribution in [3.63, 3.8) is 0 Å². The number of nitrogens with zero attached hydrogens (tertiary/aromatic N) is 1. The van der Waals surface area contributed by atoms with E-state index in [1.165, 1.54) is 18.4 Å². The normalized spacial score (nSPS) is 20.6. The van der Waals surface area contributed by atoms with Gasteiger partial charge in [-0.1, -0.05) is 43.2 Å². The second-order valence-electron chi connectivity index (χ2n) is 8.76. The number of carbonyl (C=O) groups excluding carboxylic acids is 2. The zero-order chi connectivity index (χ0) is 22.3. The van der Waals surface area contributed by atoms with E-state index < -0.39 is 11.4 Å². The van der Waals surface area contributed by atoms with Gasteiger partial charge in [0.25, 0.3) is 11.8 Å². The van der Waals surface area contributed by atoms with Crippen molar-refractivity contribution in [2.24, 2.45) is 0 Å². The largest absolute Gasteiger partial charge is 0.463 e. The van der Waals surface area contributed by atoms with Gasteiger partial charge in [0.2, 0.25) is 0 Å². The summed E-state index contributed by atoms with van der Waals surface area (Å²) in [4.78, 5) is 29.2. The fraction of sp³-hybridized carbons (Fsp3) is 0.308. The van der Waals surface area contributed by atoms with Crippen molar-refractivity contribution in [3.8, 4) is 11.3 Å². The molecule has 2 heterocycles. The Hall–Kier alpha value is -3.41. The van der Waals surface area contributed by atoms with E-state index in [4.69, 9.17) is 4.42 Å². The summed E-state index contributed by atoms with van der Waals surface area (Å²) in [7, 11) is 0. The van der Waals surface area contributed by atoms with Crippen LogP contribution in [0.5, 0.6) is 0 Å². The number of nitrogens with one attached hydrogen (secondary N) is 1. The molecule has 2 amide bonds. The van der Waals surface area contributed by atoms with Crippen LogP contribution in [-0.2, 0) is 16.9 Å². The molecule has 2 aromatic carbocycles. The number of hydrogen-bond donors (Lipinski definition) is 1. The van der Waals surface area contributed by atoms with E-state index in [9.17, 15) is 14.0 Å². The fourth-order valence-corrected chi connectivity index (χ4v) is 4.93. The lowest BCUT2D eigenvalue weighted by Crippen LogP contribution is -2.57. The highest BCUT2D eigenvalue weighted by Crippen LogP contribution is 2.44. The lowest BCUT2D eigenvalue weighted by molar-refractivity contribution is -0.133. The number of halogens is 1. The summed E-state index contributed by atoms with van der Waals surface area (Å²) in [6, 6.07) is 15.5. The van der Waals surface area contributed by atoms with Gasteiger partial charge >= 0.3 is 0 Å². The van der Waals surface area contributed by atoms with Crippen LogP contribution in [0.1, 0.15) is 54.1 Å². The molecule has 1 unspecified atom stereocenters. The Balaban J connectivity index is 1.70. The number of fused-ring (bicyclic) bond motifs is 3. The fourth-order valence-electron chi connectivity index (χ4n) is 4.93. The van der Waals surface area contributed by atoms with Crippen LogP contribution in [0, 0.1) is 5.82 Å². The van der Waals surface area contributed by atoms with Crippen molar-refractivity contribution in [3.05, 3.63) is 83.4 Å². The first-order chi connectivity index (χ1) is 15.5. The molecule has 1 aliphatic heterocycles. The van der Waals surface area contributed by atoms with Gasteiger partial charge in [0, 0.05) is 23.7 Å². The second kappa shape index (κ2) is 7.93. The van der Waals surface area contributed by atoms with Crippen molar-refractivity contribution in [2.75, 3.05) is 0 Å². The first-order valence-electron chi connectivity index (χ1n) is 11.0. The molecule has 0 radical (unpaired) electrons. The van der Waals surface area contributed by atoms with Crippen molar-refractivity contribution in [1.82, 2.24) is 10.2 Å². The van der Waals surface area contributed by atoms with Crippen LogP contribution >= 0.6 is 0 Å². The molecule has 3 aromatic rings. The SMILES string of the molecule is CC1(C(=O)NC2CCCC2)c2cc(F)ccc2-c2occc2C(=O)N1Cc1ccccc1. The Morgan fingerprint density at radius 2 is 1.88 bits per heavy atom. The molecule has 0 bridgehead atoms. The third-order valence-electron chi connectivity index (χ3n) is 6.75. The number of amides is 2. The second-order valence-corrected chi connectivity index (χ2v) is 8.76. The molecule has 0 spiro atoms. The molecular weight excluding hydrogens is 407 g/mol. The van der Waals surface area contributed by atoms with Crippen molar-refractivity contribution in [2.45, 2.75) is 50.7 Å². The standard InChI is InChI=1S/C26H25FN2O3/c1-26(25(31)28-19-9-5-6-10-19)22-15-18(27)11-12-20(22)23-21(13-14-32-23)24(30)29(26)16-17-7-3-2-4-8-17/h2-4,7-8,11-15,19H,5-6,9-10,16H2,1H3,(H,28,31). The van der Waals surface area contributed by atoms with Crippen LogP contribution < -0.4 is 5.32 Å². The summed E-state index contributed by atoms with van der Waals surface area (Å²) >= 11 is 0. The minimum absolute atomic E-state index is 0.0595. The van der Waals surface area contributed by atoms with E-state index in [1.807, 2.05) is 30.3 Å². The molecule has 164 valence electrons. The monoisotopic (exact) mass is 432 g/mol. The number of benzene rings is 2. The molecular formula is C26H25FN2O3. The average Bonchev–Trinajstić information content (AvgIpc) is 3.48. The molecule has 1 fully saturated rings.